The third-order valence-corrected chi connectivity index (χ3v) is 5.36. The molecule has 2 aromatic heterocycles. The zero-order valence-corrected chi connectivity index (χ0v) is 17.3. The number of aromatic nitrogens is 3. The minimum Gasteiger partial charge on any atom is -0.368 e. The van der Waals surface area contributed by atoms with Crippen molar-refractivity contribution < 1.29 is 0 Å². The van der Waals surface area contributed by atoms with Crippen molar-refractivity contribution >= 4 is 27.8 Å². The van der Waals surface area contributed by atoms with Gasteiger partial charge in [-0.2, -0.15) is 0 Å². The fourth-order valence-electron chi connectivity index (χ4n) is 3.83. The van der Waals surface area contributed by atoms with Crippen LogP contribution in [0.2, 0.25) is 0 Å². The van der Waals surface area contributed by atoms with Crippen LogP contribution in [0.25, 0.3) is 21.9 Å². The number of imidazole rings is 1. The first kappa shape index (κ1) is 19.4. The first-order chi connectivity index (χ1) is 14.2. The lowest BCUT2D eigenvalue weighted by Crippen LogP contribution is -2.06. The molecule has 5 heteroatoms. The van der Waals surface area contributed by atoms with Crippen LogP contribution in [-0.4, -0.2) is 21.1 Å². The van der Waals surface area contributed by atoms with Gasteiger partial charge < -0.3 is 15.6 Å². The van der Waals surface area contributed by atoms with Gasteiger partial charge in [-0.1, -0.05) is 55.8 Å². The van der Waals surface area contributed by atoms with Crippen molar-refractivity contribution in [3.63, 3.8) is 0 Å². The molecule has 0 aliphatic rings. The maximum atomic E-state index is 5.77. The van der Waals surface area contributed by atoms with Gasteiger partial charge in [0.15, 0.2) is 5.82 Å². The molecule has 5 nitrogen and oxygen atoms in total. The molecule has 0 bridgehead atoms. The van der Waals surface area contributed by atoms with E-state index < -0.39 is 0 Å². The number of pyridine rings is 1. The SMILES string of the molecule is CCCCc1nc2c(NCC)nc3ccccc3c2n1Cc1ccc(CN)cc1. The summed E-state index contributed by atoms with van der Waals surface area (Å²) in [5, 5.41) is 4.57. The minimum atomic E-state index is 0.568. The van der Waals surface area contributed by atoms with E-state index in [1.165, 1.54) is 11.1 Å². The number of nitrogens with two attached hydrogens (primary N) is 1. The molecular weight excluding hydrogens is 358 g/mol. The van der Waals surface area contributed by atoms with Crippen LogP contribution in [-0.2, 0) is 19.5 Å². The highest BCUT2D eigenvalue weighted by Gasteiger charge is 2.18. The minimum absolute atomic E-state index is 0.568. The topological polar surface area (TPSA) is 68.8 Å². The summed E-state index contributed by atoms with van der Waals surface area (Å²) in [5.41, 5.74) is 11.3. The second-order valence-corrected chi connectivity index (χ2v) is 7.44. The van der Waals surface area contributed by atoms with Crippen LogP contribution in [0.5, 0.6) is 0 Å². The lowest BCUT2D eigenvalue weighted by atomic mass is 10.1. The Morgan fingerprint density at radius 2 is 1.72 bits per heavy atom. The average Bonchev–Trinajstić information content (AvgIpc) is 3.12. The lowest BCUT2D eigenvalue weighted by Gasteiger charge is -2.12. The van der Waals surface area contributed by atoms with Gasteiger partial charge in [-0.3, -0.25) is 0 Å². The highest BCUT2D eigenvalue weighted by atomic mass is 15.1. The number of unbranched alkanes of at least 4 members (excludes halogenated alkanes) is 1. The fraction of sp³-hybridized carbons (Fsp3) is 0.333. The van der Waals surface area contributed by atoms with Gasteiger partial charge in [0.1, 0.15) is 11.3 Å². The van der Waals surface area contributed by atoms with Crippen molar-refractivity contribution in [2.24, 2.45) is 5.73 Å². The Bertz CT molecular complexity index is 1110. The number of para-hydroxylation sites is 1. The van der Waals surface area contributed by atoms with Crippen LogP contribution in [0.1, 0.15) is 43.6 Å². The molecule has 29 heavy (non-hydrogen) atoms. The summed E-state index contributed by atoms with van der Waals surface area (Å²) >= 11 is 0. The Kier molecular flexibility index (Phi) is 5.76. The molecule has 0 fully saturated rings. The van der Waals surface area contributed by atoms with E-state index in [0.717, 1.165) is 66.0 Å². The molecule has 2 heterocycles. The van der Waals surface area contributed by atoms with Gasteiger partial charge in [0.05, 0.1) is 11.0 Å². The van der Waals surface area contributed by atoms with E-state index in [-0.39, 0.29) is 0 Å². The van der Waals surface area contributed by atoms with Gasteiger partial charge in [-0.05, 0) is 30.5 Å². The predicted octanol–water partition coefficient (Wildman–Crippen LogP) is 4.87. The van der Waals surface area contributed by atoms with Gasteiger partial charge in [0.25, 0.3) is 0 Å². The molecule has 0 aliphatic heterocycles. The third kappa shape index (κ3) is 3.83. The zero-order valence-electron chi connectivity index (χ0n) is 17.3. The second kappa shape index (κ2) is 8.62. The van der Waals surface area contributed by atoms with Crippen LogP contribution in [0.15, 0.2) is 48.5 Å². The van der Waals surface area contributed by atoms with Crippen LogP contribution in [0, 0.1) is 0 Å². The standard InChI is InChI=1S/C24H29N5/c1-3-5-10-21-28-22-23(29(21)16-18-13-11-17(15-25)12-14-18)19-8-6-7-9-20(19)27-24(22)26-4-2/h6-9,11-14H,3-5,10,15-16,25H2,1-2H3,(H,26,27). The molecule has 4 rings (SSSR count). The summed E-state index contributed by atoms with van der Waals surface area (Å²) < 4.78 is 2.38. The van der Waals surface area contributed by atoms with E-state index in [9.17, 15) is 0 Å². The quantitative estimate of drug-likeness (QED) is 0.453. The molecule has 0 atom stereocenters. The number of nitrogens with zero attached hydrogens (tertiary/aromatic N) is 3. The number of benzene rings is 2. The molecule has 0 spiro atoms. The highest BCUT2D eigenvalue weighted by Crippen LogP contribution is 2.31. The van der Waals surface area contributed by atoms with E-state index in [2.05, 4.69) is 66.2 Å². The normalized spacial score (nSPS) is 11.4. The molecule has 2 aromatic carbocycles. The second-order valence-electron chi connectivity index (χ2n) is 7.44. The van der Waals surface area contributed by atoms with E-state index >= 15 is 0 Å². The Labute approximate surface area is 172 Å². The van der Waals surface area contributed by atoms with Crippen molar-refractivity contribution in [2.45, 2.75) is 46.2 Å². The maximum Gasteiger partial charge on any atom is 0.154 e. The molecule has 0 aliphatic carbocycles. The Morgan fingerprint density at radius 3 is 2.45 bits per heavy atom. The monoisotopic (exact) mass is 387 g/mol. The van der Waals surface area contributed by atoms with Crippen molar-refractivity contribution in [3.8, 4) is 0 Å². The van der Waals surface area contributed by atoms with Crippen LogP contribution in [0.4, 0.5) is 5.82 Å². The number of hydrogen-bond donors (Lipinski definition) is 2. The molecule has 0 amide bonds. The number of fused-ring (bicyclic) bond motifs is 3. The molecule has 3 N–H and O–H groups in total. The van der Waals surface area contributed by atoms with E-state index in [0.29, 0.717) is 6.54 Å². The van der Waals surface area contributed by atoms with Gasteiger partial charge in [-0.15, -0.1) is 0 Å². The molecule has 150 valence electrons. The fourth-order valence-corrected chi connectivity index (χ4v) is 3.83. The average molecular weight is 388 g/mol. The molecule has 0 saturated carbocycles. The smallest absolute Gasteiger partial charge is 0.154 e. The molecule has 4 aromatic rings. The predicted molar refractivity (Wildman–Crippen MR) is 121 cm³/mol. The van der Waals surface area contributed by atoms with E-state index in [4.69, 9.17) is 15.7 Å². The first-order valence-corrected chi connectivity index (χ1v) is 10.5. The first-order valence-electron chi connectivity index (χ1n) is 10.5. The number of aryl methyl sites for hydroxylation is 1. The van der Waals surface area contributed by atoms with Gasteiger partial charge in [-0.25, -0.2) is 9.97 Å². The Hall–Kier alpha value is -2.92. The summed E-state index contributed by atoms with van der Waals surface area (Å²) in [6, 6.07) is 16.9. The summed E-state index contributed by atoms with van der Waals surface area (Å²) in [6.07, 6.45) is 3.23. The number of hydrogen-bond acceptors (Lipinski definition) is 4. The van der Waals surface area contributed by atoms with Crippen LogP contribution >= 0.6 is 0 Å². The number of nitrogens with one attached hydrogen (secondary N) is 1. The van der Waals surface area contributed by atoms with Crippen molar-refractivity contribution in [1.29, 1.82) is 0 Å². The Balaban J connectivity index is 1.93. The largest absolute Gasteiger partial charge is 0.368 e. The van der Waals surface area contributed by atoms with E-state index in [1.54, 1.807) is 0 Å². The molecular formula is C24H29N5. The third-order valence-electron chi connectivity index (χ3n) is 5.36. The van der Waals surface area contributed by atoms with E-state index in [1.807, 2.05) is 6.07 Å². The number of rotatable bonds is 8. The summed E-state index contributed by atoms with van der Waals surface area (Å²) in [4.78, 5) is 9.92. The molecule has 0 saturated heterocycles. The lowest BCUT2D eigenvalue weighted by molar-refractivity contribution is 0.690. The van der Waals surface area contributed by atoms with Crippen molar-refractivity contribution in [1.82, 2.24) is 14.5 Å². The molecule has 0 unspecified atom stereocenters. The van der Waals surface area contributed by atoms with Crippen molar-refractivity contribution in [2.75, 3.05) is 11.9 Å². The van der Waals surface area contributed by atoms with Crippen LogP contribution in [0.3, 0.4) is 0 Å². The van der Waals surface area contributed by atoms with Gasteiger partial charge >= 0.3 is 0 Å². The van der Waals surface area contributed by atoms with Gasteiger partial charge in [0.2, 0.25) is 0 Å². The Morgan fingerprint density at radius 1 is 0.966 bits per heavy atom. The number of anilines is 1. The highest BCUT2D eigenvalue weighted by molar-refractivity contribution is 6.07. The zero-order chi connectivity index (χ0) is 20.2. The molecule has 0 radical (unpaired) electrons. The summed E-state index contributed by atoms with van der Waals surface area (Å²) in [5.74, 6) is 2.00. The summed E-state index contributed by atoms with van der Waals surface area (Å²) in [7, 11) is 0. The van der Waals surface area contributed by atoms with Crippen LogP contribution < -0.4 is 11.1 Å². The summed E-state index contributed by atoms with van der Waals surface area (Å²) in [6.45, 7) is 6.49. The van der Waals surface area contributed by atoms with Crippen molar-refractivity contribution in [3.05, 3.63) is 65.5 Å². The maximum absolute atomic E-state index is 5.77. The van der Waals surface area contributed by atoms with Gasteiger partial charge in [0, 0.05) is 31.4 Å².